The van der Waals surface area contributed by atoms with Gasteiger partial charge in [-0.3, -0.25) is 14.2 Å². The number of anilines is 1. The van der Waals surface area contributed by atoms with Gasteiger partial charge in [-0.2, -0.15) is 0 Å². The van der Waals surface area contributed by atoms with E-state index in [9.17, 15) is 14.4 Å². The number of hydrogen-bond acceptors (Lipinski definition) is 9. The van der Waals surface area contributed by atoms with Crippen LogP contribution < -0.4 is 15.8 Å². The molecule has 0 saturated carbocycles. The molecule has 0 radical (unpaired) electrons. The predicted molar refractivity (Wildman–Crippen MR) is 148 cm³/mol. The first-order valence-corrected chi connectivity index (χ1v) is 13.7. The number of primary amides is 1. The number of carbonyl (C=O) groups is 3. The summed E-state index contributed by atoms with van der Waals surface area (Å²) in [5.41, 5.74) is 6.80. The molecule has 2 aromatic heterocycles. The first kappa shape index (κ1) is 29.2. The van der Waals surface area contributed by atoms with Gasteiger partial charge in [0.2, 0.25) is 5.91 Å². The summed E-state index contributed by atoms with van der Waals surface area (Å²) in [7, 11) is 0. The lowest BCUT2D eigenvalue weighted by Crippen LogP contribution is -2.17. The number of ether oxygens (including phenoxy) is 2. The minimum Gasteiger partial charge on any atom is -0.483 e. The molecule has 0 saturated heterocycles. The van der Waals surface area contributed by atoms with Crippen LogP contribution in [0.4, 0.5) is 5.00 Å². The van der Waals surface area contributed by atoms with Gasteiger partial charge in [-0.15, -0.1) is 28.1 Å². The van der Waals surface area contributed by atoms with Gasteiger partial charge in [0.25, 0.3) is 5.91 Å². The van der Waals surface area contributed by atoms with Crippen LogP contribution in [0, 0.1) is 13.8 Å². The van der Waals surface area contributed by atoms with E-state index >= 15 is 0 Å². The van der Waals surface area contributed by atoms with Gasteiger partial charge in [0.1, 0.15) is 10.8 Å². The van der Waals surface area contributed by atoms with E-state index < -0.39 is 23.9 Å². The van der Waals surface area contributed by atoms with Crippen LogP contribution in [0.3, 0.4) is 0 Å². The van der Waals surface area contributed by atoms with Gasteiger partial charge in [0.15, 0.2) is 17.1 Å². The average molecular weight is 578 g/mol. The van der Waals surface area contributed by atoms with E-state index in [-0.39, 0.29) is 27.8 Å². The molecule has 38 heavy (non-hydrogen) atoms. The summed E-state index contributed by atoms with van der Waals surface area (Å²) in [6.07, 6.45) is 1.25. The molecule has 0 aliphatic carbocycles. The second-order valence-electron chi connectivity index (χ2n) is 8.09. The van der Waals surface area contributed by atoms with Crippen molar-refractivity contribution >= 4 is 57.5 Å². The number of nitrogens with zero attached hydrogens (tertiary/aromatic N) is 3. The van der Waals surface area contributed by atoms with Gasteiger partial charge in [-0.25, -0.2) is 4.79 Å². The Morgan fingerprint density at radius 2 is 2.05 bits per heavy atom. The number of esters is 1. The van der Waals surface area contributed by atoms with Crippen LogP contribution in [0.2, 0.25) is 5.02 Å². The maximum absolute atomic E-state index is 12.8. The lowest BCUT2D eigenvalue weighted by molar-refractivity contribution is -0.113. The highest BCUT2D eigenvalue weighted by molar-refractivity contribution is 7.99. The summed E-state index contributed by atoms with van der Waals surface area (Å²) in [4.78, 5) is 37.2. The van der Waals surface area contributed by atoms with Crippen molar-refractivity contribution in [3.8, 4) is 5.75 Å². The van der Waals surface area contributed by atoms with Crippen molar-refractivity contribution in [2.24, 2.45) is 5.73 Å². The van der Waals surface area contributed by atoms with Gasteiger partial charge in [-0.05, 0) is 57.0 Å². The van der Waals surface area contributed by atoms with Crippen molar-refractivity contribution in [1.82, 2.24) is 14.8 Å². The van der Waals surface area contributed by atoms with Gasteiger partial charge in [0.05, 0.1) is 22.8 Å². The highest BCUT2D eigenvalue weighted by Crippen LogP contribution is 2.34. The van der Waals surface area contributed by atoms with Crippen LogP contribution in [-0.2, 0) is 16.1 Å². The first-order valence-electron chi connectivity index (χ1n) is 11.6. The Balaban J connectivity index is 1.75. The lowest BCUT2D eigenvalue weighted by Gasteiger charge is -2.16. The molecule has 202 valence electrons. The van der Waals surface area contributed by atoms with E-state index in [2.05, 4.69) is 22.1 Å². The quantitative estimate of drug-likeness (QED) is 0.175. The number of nitrogens with two attached hydrogens (primary N) is 1. The fourth-order valence-electron chi connectivity index (χ4n) is 3.53. The van der Waals surface area contributed by atoms with Gasteiger partial charge < -0.3 is 20.5 Å². The largest absolute Gasteiger partial charge is 0.483 e. The normalized spacial score (nSPS) is 11.6. The van der Waals surface area contributed by atoms with E-state index in [0.29, 0.717) is 33.9 Å². The zero-order valence-electron chi connectivity index (χ0n) is 21.4. The molecule has 0 spiro atoms. The van der Waals surface area contributed by atoms with Crippen LogP contribution >= 0.6 is 34.7 Å². The van der Waals surface area contributed by atoms with Crippen LogP contribution in [-0.4, -0.2) is 44.9 Å². The Labute approximate surface area is 233 Å². The van der Waals surface area contributed by atoms with Crippen molar-refractivity contribution in [2.75, 3.05) is 17.7 Å². The second kappa shape index (κ2) is 12.9. The molecule has 3 rings (SSSR count). The van der Waals surface area contributed by atoms with Gasteiger partial charge >= 0.3 is 5.97 Å². The third-order valence-corrected chi connectivity index (χ3v) is 7.91. The number of thioether (sulfide) groups is 1. The Morgan fingerprint density at radius 3 is 2.68 bits per heavy atom. The number of thiophene rings is 1. The fourth-order valence-corrected chi connectivity index (χ4v) is 5.47. The van der Waals surface area contributed by atoms with Crippen molar-refractivity contribution in [3.63, 3.8) is 0 Å². The SMILES string of the molecule is C=CCn1c(SCC(=O)Nc2sc(C(N)=O)c(C)c2C(=O)OCC)nnc1C(C)Oc1ccc(Cl)c(C)c1. The van der Waals surface area contributed by atoms with Crippen molar-refractivity contribution in [1.29, 1.82) is 0 Å². The second-order valence-corrected chi connectivity index (χ2v) is 10.5. The van der Waals surface area contributed by atoms with E-state index in [1.165, 1.54) is 0 Å². The van der Waals surface area contributed by atoms with E-state index in [0.717, 1.165) is 28.7 Å². The Morgan fingerprint density at radius 1 is 1.32 bits per heavy atom. The molecule has 10 nitrogen and oxygen atoms in total. The zero-order chi connectivity index (χ0) is 28.0. The standard InChI is InChI=1S/C25H28ClN5O5S2/c1-6-10-31-22(15(5)36-16-8-9-17(26)13(3)11-16)29-30-25(31)37-12-18(32)28-23-19(24(34)35-7-2)14(4)20(38-23)21(27)33/h6,8-9,11,15H,1,7,10,12H2,2-5H3,(H2,27,33)(H,28,32). The molecule has 2 heterocycles. The van der Waals surface area contributed by atoms with Crippen molar-refractivity contribution < 1.29 is 23.9 Å². The van der Waals surface area contributed by atoms with Crippen LogP contribution in [0.5, 0.6) is 5.75 Å². The highest BCUT2D eigenvalue weighted by atomic mass is 35.5. The third kappa shape index (κ3) is 6.74. The molecule has 3 aromatic rings. The summed E-state index contributed by atoms with van der Waals surface area (Å²) < 4.78 is 12.9. The molecule has 3 N–H and O–H groups in total. The maximum atomic E-state index is 12.8. The molecular formula is C25H28ClN5O5S2. The summed E-state index contributed by atoms with van der Waals surface area (Å²) in [6.45, 7) is 11.3. The number of carbonyl (C=O) groups excluding carboxylic acids is 3. The number of allylic oxidation sites excluding steroid dienone is 1. The summed E-state index contributed by atoms with van der Waals surface area (Å²) >= 11 is 8.20. The van der Waals surface area contributed by atoms with Crippen LogP contribution in [0.15, 0.2) is 36.0 Å². The molecule has 13 heteroatoms. The molecule has 1 aromatic carbocycles. The zero-order valence-corrected chi connectivity index (χ0v) is 23.8. The summed E-state index contributed by atoms with van der Waals surface area (Å²) in [5.74, 6) is -0.579. The Kier molecular flexibility index (Phi) is 9.95. The average Bonchev–Trinajstić information content (AvgIpc) is 3.41. The number of aryl methyl sites for hydroxylation is 1. The van der Waals surface area contributed by atoms with E-state index in [4.69, 9.17) is 26.8 Å². The molecule has 0 aliphatic heterocycles. The summed E-state index contributed by atoms with van der Waals surface area (Å²) in [6, 6.07) is 5.39. The number of benzene rings is 1. The van der Waals surface area contributed by atoms with E-state index in [1.54, 1.807) is 32.1 Å². The van der Waals surface area contributed by atoms with Crippen molar-refractivity contribution in [2.45, 2.75) is 45.5 Å². The minimum absolute atomic E-state index is 0.0357. The molecule has 0 bridgehead atoms. The number of halogens is 1. The smallest absolute Gasteiger partial charge is 0.341 e. The first-order chi connectivity index (χ1) is 18.1. The molecule has 1 atom stereocenters. The highest BCUT2D eigenvalue weighted by Gasteiger charge is 2.26. The molecule has 0 aliphatic rings. The maximum Gasteiger partial charge on any atom is 0.341 e. The van der Waals surface area contributed by atoms with Crippen LogP contribution in [0.1, 0.15) is 56.9 Å². The molecule has 0 fully saturated rings. The van der Waals surface area contributed by atoms with Gasteiger partial charge in [0, 0.05) is 11.6 Å². The predicted octanol–water partition coefficient (Wildman–Crippen LogP) is 4.94. The number of amides is 2. The van der Waals surface area contributed by atoms with E-state index in [1.807, 2.05) is 24.5 Å². The number of hydrogen-bond donors (Lipinski definition) is 2. The molecular weight excluding hydrogens is 550 g/mol. The Hall–Kier alpha value is -3.35. The monoisotopic (exact) mass is 577 g/mol. The topological polar surface area (TPSA) is 138 Å². The van der Waals surface area contributed by atoms with Crippen LogP contribution in [0.25, 0.3) is 0 Å². The van der Waals surface area contributed by atoms with Crippen molar-refractivity contribution in [3.05, 3.63) is 63.3 Å². The third-order valence-electron chi connectivity index (χ3n) is 5.30. The number of nitrogens with one attached hydrogen (secondary N) is 1. The molecule has 2 amide bonds. The van der Waals surface area contributed by atoms with Gasteiger partial charge in [-0.1, -0.05) is 29.4 Å². The summed E-state index contributed by atoms with van der Waals surface area (Å²) in [5, 5.41) is 12.5. The molecule has 1 unspecified atom stereocenters. The Bertz CT molecular complexity index is 1370. The minimum atomic E-state index is -0.692. The number of aromatic nitrogens is 3. The number of rotatable bonds is 12. The fraction of sp³-hybridized carbons (Fsp3) is 0.320. The lowest BCUT2D eigenvalue weighted by atomic mass is 10.1.